The van der Waals surface area contributed by atoms with Gasteiger partial charge in [0.05, 0.1) is 0 Å². The Hall–Kier alpha value is 0.531. The highest BCUT2D eigenvalue weighted by atomic mass is 28.4. The van der Waals surface area contributed by atoms with Crippen LogP contribution in [-0.2, 0) is 8.23 Å². The van der Waals surface area contributed by atoms with Gasteiger partial charge in [0.25, 0.3) is 0 Å². The molecule has 0 saturated heterocycles. The number of hydrogen-bond acceptors (Lipinski definition) is 3. The number of hydrogen-bond donors (Lipinski definition) is 1. The fourth-order valence-electron chi connectivity index (χ4n) is 0.498. The van der Waals surface area contributed by atoms with Crippen LogP contribution >= 0.6 is 0 Å². The molecular weight excluding hydrogens is 180 g/mol. The van der Waals surface area contributed by atoms with Gasteiger partial charge in [0, 0.05) is 0 Å². The minimum Gasteiger partial charge on any atom is -0.422 e. The van der Waals surface area contributed by atoms with Crippen molar-refractivity contribution in [2.75, 3.05) is 0 Å². The molecule has 0 fully saturated rings. The zero-order valence-corrected chi connectivity index (χ0v) is 10.5. The zero-order valence-electron chi connectivity index (χ0n) is 7.00. The standard InChI is InChI=1S/C4H16O3Si3/c1-8(2)6-10(5)7-9(3)4/h5,8-10H,1-4H3. The topological polar surface area (TPSA) is 38.7 Å². The summed E-state index contributed by atoms with van der Waals surface area (Å²) in [5.41, 5.74) is 0. The van der Waals surface area contributed by atoms with E-state index in [1.54, 1.807) is 0 Å². The van der Waals surface area contributed by atoms with Gasteiger partial charge in [-0.3, -0.25) is 0 Å². The predicted octanol–water partition coefficient (Wildman–Crippen LogP) is -0.304. The Labute approximate surface area is 67.4 Å². The van der Waals surface area contributed by atoms with Crippen LogP contribution in [0.4, 0.5) is 0 Å². The average molecular weight is 196 g/mol. The van der Waals surface area contributed by atoms with E-state index in [9.17, 15) is 0 Å². The molecule has 6 heteroatoms. The smallest absolute Gasteiger partial charge is 0.422 e. The maximum atomic E-state index is 9.15. The van der Waals surface area contributed by atoms with Gasteiger partial charge in [-0.25, -0.2) is 0 Å². The molecule has 0 atom stereocenters. The third kappa shape index (κ3) is 6.65. The normalized spacial score (nSPS) is 12.0. The van der Waals surface area contributed by atoms with Crippen LogP contribution in [0, 0.1) is 0 Å². The summed E-state index contributed by atoms with van der Waals surface area (Å²) in [6.45, 7) is 8.12. The van der Waals surface area contributed by atoms with Crippen LogP contribution in [-0.4, -0.2) is 32.4 Å². The van der Waals surface area contributed by atoms with Crippen molar-refractivity contribution in [3.05, 3.63) is 0 Å². The van der Waals surface area contributed by atoms with E-state index in [-0.39, 0.29) is 0 Å². The molecule has 0 aromatic heterocycles. The molecule has 0 aliphatic heterocycles. The highest BCUT2D eigenvalue weighted by molar-refractivity contribution is 6.64. The van der Waals surface area contributed by atoms with Gasteiger partial charge < -0.3 is 13.0 Å². The van der Waals surface area contributed by atoms with E-state index in [0.717, 1.165) is 0 Å². The van der Waals surface area contributed by atoms with Gasteiger partial charge in [-0.05, 0) is 26.2 Å². The fourth-order valence-corrected chi connectivity index (χ4v) is 5.06. The molecule has 0 saturated carbocycles. The van der Waals surface area contributed by atoms with E-state index in [4.69, 9.17) is 13.0 Å². The SMILES string of the molecule is C[SiH](C)O[SiH](O)O[SiH](C)C. The summed E-state index contributed by atoms with van der Waals surface area (Å²) in [6.07, 6.45) is 0. The maximum Gasteiger partial charge on any atom is 0.460 e. The third-order valence-electron chi connectivity index (χ3n) is 0.777. The van der Waals surface area contributed by atoms with Crippen molar-refractivity contribution in [2.45, 2.75) is 26.2 Å². The van der Waals surface area contributed by atoms with Crippen molar-refractivity contribution in [1.29, 1.82) is 0 Å². The zero-order chi connectivity index (χ0) is 8.15. The molecule has 0 bridgehead atoms. The lowest BCUT2D eigenvalue weighted by atomic mass is 11.9. The molecule has 10 heavy (non-hydrogen) atoms. The van der Waals surface area contributed by atoms with E-state index in [0.29, 0.717) is 0 Å². The minimum absolute atomic E-state index is 1.08. The van der Waals surface area contributed by atoms with Crippen LogP contribution in [0.1, 0.15) is 0 Å². The molecule has 62 valence electrons. The summed E-state index contributed by atoms with van der Waals surface area (Å²) in [5, 5.41) is 0. The first-order valence-corrected chi connectivity index (χ1v) is 10.5. The summed E-state index contributed by atoms with van der Waals surface area (Å²) in [4.78, 5) is 9.15. The first kappa shape index (κ1) is 10.5. The van der Waals surface area contributed by atoms with Crippen molar-refractivity contribution in [3.8, 4) is 0 Å². The van der Waals surface area contributed by atoms with Gasteiger partial charge in [-0.1, -0.05) is 0 Å². The van der Waals surface area contributed by atoms with Crippen LogP contribution in [0.25, 0.3) is 0 Å². The second kappa shape index (κ2) is 5.22. The van der Waals surface area contributed by atoms with Crippen molar-refractivity contribution in [1.82, 2.24) is 0 Å². The van der Waals surface area contributed by atoms with E-state index >= 15 is 0 Å². The average Bonchev–Trinajstić information content (AvgIpc) is 1.58. The van der Waals surface area contributed by atoms with Gasteiger partial charge in [0.15, 0.2) is 18.1 Å². The lowest BCUT2D eigenvalue weighted by Crippen LogP contribution is -2.32. The number of rotatable bonds is 4. The van der Waals surface area contributed by atoms with Gasteiger partial charge in [0.2, 0.25) is 0 Å². The molecular formula is C4H16O3Si3. The van der Waals surface area contributed by atoms with Gasteiger partial charge in [0.1, 0.15) is 0 Å². The lowest BCUT2D eigenvalue weighted by molar-refractivity contribution is 0.304. The largest absolute Gasteiger partial charge is 0.460 e. The highest BCUT2D eigenvalue weighted by Crippen LogP contribution is 1.92. The lowest BCUT2D eigenvalue weighted by Gasteiger charge is -2.14. The Bertz CT molecular complexity index is 77.8. The maximum absolute atomic E-state index is 9.15. The summed E-state index contributed by atoms with van der Waals surface area (Å²) in [6, 6.07) is 0. The van der Waals surface area contributed by atoms with E-state index in [1.807, 2.05) is 26.2 Å². The second-order valence-electron chi connectivity index (χ2n) is 2.68. The van der Waals surface area contributed by atoms with Gasteiger partial charge in [-0.15, -0.1) is 0 Å². The Balaban J connectivity index is 3.34. The van der Waals surface area contributed by atoms with Crippen LogP contribution in [0.5, 0.6) is 0 Å². The molecule has 1 N–H and O–H groups in total. The van der Waals surface area contributed by atoms with E-state index in [2.05, 4.69) is 0 Å². The molecule has 0 rings (SSSR count). The Morgan fingerprint density at radius 2 is 1.20 bits per heavy atom. The summed E-state index contributed by atoms with van der Waals surface area (Å²) < 4.78 is 10.4. The van der Waals surface area contributed by atoms with Crippen LogP contribution < -0.4 is 0 Å². The van der Waals surface area contributed by atoms with Crippen LogP contribution in [0.15, 0.2) is 0 Å². The first-order chi connectivity index (χ1) is 4.52. The molecule has 0 unspecified atom stereocenters. The Morgan fingerprint density at radius 3 is 1.40 bits per heavy atom. The minimum atomic E-state index is -2.19. The van der Waals surface area contributed by atoms with Crippen LogP contribution in [0.3, 0.4) is 0 Å². The summed E-state index contributed by atoms with van der Waals surface area (Å²) in [5.74, 6) is 0. The molecule has 0 aromatic rings. The quantitative estimate of drug-likeness (QED) is 0.627. The summed E-state index contributed by atoms with van der Waals surface area (Å²) >= 11 is 0. The molecule has 0 aromatic carbocycles. The first-order valence-electron chi connectivity index (χ1n) is 3.51. The van der Waals surface area contributed by atoms with Crippen molar-refractivity contribution >= 4 is 27.6 Å². The Kier molecular flexibility index (Phi) is 5.49. The van der Waals surface area contributed by atoms with Crippen molar-refractivity contribution in [2.24, 2.45) is 0 Å². The highest BCUT2D eigenvalue weighted by Gasteiger charge is 2.13. The van der Waals surface area contributed by atoms with E-state index < -0.39 is 27.6 Å². The van der Waals surface area contributed by atoms with E-state index in [1.165, 1.54) is 0 Å². The third-order valence-corrected chi connectivity index (χ3v) is 6.99. The summed E-state index contributed by atoms with van der Waals surface area (Å²) in [7, 11) is -4.35. The molecule has 0 aliphatic carbocycles. The predicted molar refractivity (Wildman–Crippen MR) is 49.3 cm³/mol. The molecule has 0 aliphatic rings. The van der Waals surface area contributed by atoms with Crippen molar-refractivity contribution < 1.29 is 13.0 Å². The monoisotopic (exact) mass is 196 g/mol. The Morgan fingerprint density at radius 1 is 0.900 bits per heavy atom. The molecule has 0 spiro atoms. The fraction of sp³-hybridized carbons (Fsp3) is 1.00. The molecule has 0 heterocycles. The molecule has 0 amide bonds. The van der Waals surface area contributed by atoms with Crippen LogP contribution in [0.2, 0.25) is 26.2 Å². The van der Waals surface area contributed by atoms with Gasteiger partial charge in [-0.2, -0.15) is 0 Å². The molecule has 0 radical (unpaired) electrons. The molecule has 3 nitrogen and oxygen atoms in total. The second-order valence-corrected chi connectivity index (χ2v) is 9.66. The van der Waals surface area contributed by atoms with Gasteiger partial charge >= 0.3 is 9.53 Å². The van der Waals surface area contributed by atoms with Crippen molar-refractivity contribution in [3.63, 3.8) is 0 Å².